The Labute approximate surface area is 179 Å². The quantitative estimate of drug-likeness (QED) is 0.589. The van der Waals surface area contributed by atoms with Crippen molar-refractivity contribution < 1.29 is 22.8 Å². The lowest BCUT2D eigenvalue weighted by molar-refractivity contribution is -0.145. The first-order valence-corrected chi connectivity index (χ1v) is 11.5. The number of piperidine rings is 1. The van der Waals surface area contributed by atoms with Gasteiger partial charge < -0.3 is 16.0 Å². The molecule has 164 valence electrons. The molecule has 11 heteroatoms. The molecule has 31 heavy (non-hydrogen) atoms. The molecule has 1 aromatic carbocycles. The second kappa shape index (κ2) is 9.13. The van der Waals surface area contributed by atoms with E-state index in [2.05, 4.69) is 15.0 Å². The van der Waals surface area contributed by atoms with Crippen molar-refractivity contribution in [1.29, 1.82) is 0 Å². The highest BCUT2D eigenvalue weighted by Gasteiger charge is 2.32. The van der Waals surface area contributed by atoms with Crippen molar-refractivity contribution in [3.63, 3.8) is 0 Å². The fourth-order valence-electron chi connectivity index (χ4n) is 3.47. The third-order valence-electron chi connectivity index (χ3n) is 4.84. The second-order valence-corrected chi connectivity index (χ2v) is 9.04. The fraction of sp³-hybridized carbons (Fsp3) is 0.300. The SMILES string of the molecule is CS(=O)(=O)Nc1ccc([C@@H]2CCCCN2C(=O)C(=O)Nc2cncc(C(N)=O)c2)cc1. The van der Waals surface area contributed by atoms with Crippen LogP contribution in [0.3, 0.4) is 0 Å². The number of primary amides is 1. The number of pyridine rings is 1. The lowest BCUT2D eigenvalue weighted by atomic mass is 9.95. The third kappa shape index (κ3) is 5.79. The van der Waals surface area contributed by atoms with Crippen molar-refractivity contribution in [2.24, 2.45) is 5.73 Å². The van der Waals surface area contributed by atoms with Crippen LogP contribution in [-0.2, 0) is 19.6 Å². The average Bonchev–Trinajstić information content (AvgIpc) is 2.73. The van der Waals surface area contributed by atoms with Gasteiger partial charge in [-0.2, -0.15) is 0 Å². The summed E-state index contributed by atoms with van der Waals surface area (Å²) in [5.74, 6) is -2.24. The maximum absolute atomic E-state index is 12.9. The summed E-state index contributed by atoms with van der Waals surface area (Å²) in [5, 5.41) is 2.46. The summed E-state index contributed by atoms with van der Waals surface area (Å²) in [7, 11) is -3.39. The smallest absolute Gasteiger partial charge is 0.313 e. The van der Waals surface area contributed by atoms with E-state index in [9.17, 15) is 22.8 Å². The number of hydrogen-bond donors (Lipinski definition) is 3. The summed E-state index contributed by atoms with van der Waals surface area (Å²) in [6.07, 6.45) is 5.99. The van der Waals surface area contributed by atoms with Gasteiger partial charge in [-0.25, -0.2) is 8.42 Å². The summed E-state index contributed by atoms with van der Waals surface area (Å²) in [6.45, 7) is 0.417. The Bertz CT molecular complexity index is 1100. The van der Waals surface area contributed by atoms with Gasteiger partial charge in [-0.15, -0.1) is 0 Å². The lowest BCUT2D eigenvalue weighted by Gasteiger charge is -2.35. The Morgan fingerprint density at radius 1 is 1.10 bits per heavy atom. The predicted molar refractivity (Wildman–Crippen MR) is 115 cm³/mol. The van der Waals surface area contributed by atoms with Gasteiger partial charge in [0.2, 0.25) is 15.9 Å². The van der Waals surface area contributed by atoms with Gasteiger partial charge in [0.1, 0.15) is 0 Å². The number of nitrogens with zero attached hydrogens (tertiary/aromatic N) is 2. The molecule has 10 nitrogen and oxygen atoms in total. The van der Waals surface area contributed by atoms with Gasteiger partial charge in [0.05, 0.1) is 29.7 Å². The Morgan fingerprint density at radius 2 is 1.81 bits per heavy atom. The number of sulfonamides is 1. The highest BCUT2D eigenvalue weighted by atomic mass is 32.2. The van der Waals surface area contributed by atoms with Crippen LogP contribution in [0.25, 0.3) is 0 Å². The molecular weight excluding hydrogens is 422 g/mol. The zero-order valence-electron chi connectivity index (χ0n) is 16.9. The van der Waals surface area contributed by atoms with Crippen LogP contribution in [0, 0.1) is 0 Å². The van der Waals surface area contributed by atoms with Crippen LogP contribution < -0.4 is 15.8 Å². The number of benzene rings is 1. The molecule has 1 atom stereocenters. The van der Waals surface area contributed by atoms with E-state index in [-0.39, 0.29) is 17.3 Å². The number of amides is 3. The van der Waals surface area contributed by atoms with Gasteiger partial charge in [-0.3, -0.25) is 24.1 Å². The van der Waals surface area contributed by atoms with Crippen molar-refractivity contribution in [2.75, 3.05) is 22.8 Å². The molecular formula is C20H23N5O5S. The number of anilines is 2. The van der Waals surface area contributed by atoms with Crippen LogP contribution in [0.2, 0.25) is 0 Å². The number of hydrogen-bond acceptors (Lipinski definition) is 6. The van der Waals surface area contributed by atoms with Crippen molar-refractivity contribution in [1.82, 2.24) is 9.88 Å². The summed E-state index contributed by atoms with van der Waals surface area (Å²) < 4.78 is 25.1. The van der Waals surface area contributed by atoms with Gasteiger partial charge in [0.15, 0.2) is 0 Å². The molecule has 1 aliphatic rings. The number of carbonyl (C=O) groups is 3. The van der Waals surface area contributed by atoms with Gasteiger partial charge in [0, 0.05) is 18.4 Å². The molecule has 1 fully saturated rings. The van der Waals surface area contributed by atoms with E-state index in [1.807, 2.05) is 0 Å². The van der Waals surface area contributed by atoms with Crippen LogP contribution in [0.5, 0.6) is 0 Å². The topological polar surface area (TPSA) is 152 Å². The molecule has 2 heterocycles. The molecule has 4 N–H and O–H groups in total. The minimum atomic E-state index is -3.39. The van der Waals surface area contributed by atoms with E-state index < -0.39 is 27.7 Å². The fourth-order valence-corrected chi connectivity index (χ4v) is 4.03. The van der Waals surface area contributed by atoms with Gasteiger partial charge in [-0.05, 0) is 43.0 Å². The normalized spacial score (nSPS) is 16.4. The molecule has 0 saturated carbocycles. The zero-order valence-corrected chi connectivity index (χ0v) is 17.7. The molecule has 1 saturated heterocycles. The second-order valence-electron chi connectivity index (χ2n) is 7.29. The van der Waals surface area contributed by atoms with Crippen LogP contribution in [0.4, 0.5) is 11.4 Å². The molecule has 0 bridgehead atoms. The largest absolute Gasteiger partial charge is 0.366 e. The molecule has 3 amide bonds. The summed E-state index contributed by atoms with van der Waals surface area (Å²) in [6, 6.07) is 7.75. The summed E-state index contributed by atoms with van der Waals surface area (Å²) in [5.41, 5.74) is 6.74. The van der Waals surface area contributed by atoms with Crippen molar-refractivity contribution >= 4 is 39.1 Å². The minimum absolute atomic E-state index is 0.115. The Kier molecular flexibility index (Phi) is 6.54. The van der Waals surface area contributed by atoms with Crippen LogP contribution in [0.1, 0.15) is 41.2 Å². The summed E-state index contributed by atoms with van der Waals surface area (Å²) >= 11 is 0. The Balaban J connectivity index is 1.75. The van der Waals surface area contributed by atoms with Gasteiger partial charge >= 0.3 is 11.8 Å². The summed E-state index contributed by atoms with van der Waals surface area (Å²) in [4.78, 5) is 42.0. The van der Waals surface area contributed by atoms with Crippen LogP contribution in [-0.4, -0.2) is 48.8 Å². The molecule has 1 aromatic heterocycles. The number of nitrogens with one attached hydrogen (secondary N) is 2. The Hall–Kier alpha value is -3.47. The van der Waals surface area contributed by atoms with Gasteiger partial charge in [0.25, 0.3) is 0 Å². The molecule has 2 aromatic rings. The molecule has 0 unspecified atom stereocenters. The average molecular weight is 446 g/mol. The van der Waals surface area contributed by atoms with E-state index >= 15 is 0 Å². The van der Waals surface area contributed by atoms with Crippen LogP contribution in [0.15, 0.2) is 42.7 Å². The first-order chi connectivity index (χ1) is 14.6. The molecule has 3 rings (SSSR count). The first-order valence-electron chi connectivity index (χ1n) is 9.58. The predicted octanol–water partition coefficient (Wildman–Crippen LogP) is 1.24. The van der Waals surface area contributed by atoms with Crippen molar-refractivity contribution in [2.45, 2.75) is 25.3 Å². The van der Waals surface area contributed by atoms with Gasteiger partial charge in [-0.1, -0.05) is 12.1 Å². The third-order valence-corrected chi connectivity index (χ3v) is 5.44. The molecule has 1 aliphatic heterocycles. The monoisotopic (exact) mass is 445 g/mol. The van der Waals surface area contributed by atoms with E-state index in [0.29, 0.717) is 18.7 Å². The van der Waals surface area contributed by atoms with E-state index in [4.69, 9.17) is 5.73 Å². The number of carbonyl (C=O) groups excluding carboxylic acids is 3. The Morgan fingerprint density at radius 3 is 2.45 bits per heavy atom. The molecule has 0 radical (unpaired) electrons. The minimum Gasteiger partial charge on any atom is -0.366 e. The number of nitrogens with two attached hydrogens (primary N) is 1. The first kappa shape index (κ1) is 22.2. The van der Waals surface area contributed by atoms with E-state index in [1.165, 1.54) is 23.4 Å². The molecule has 0 aliphatic carbocycles. The maximum atomic E-state index is 12.9. The highest BCUT2D eigenvalue weighted by Crippen LogP contribution is 2.32. The zero-order chi connectivity index (χ0) is 22.6. The van der Waals surface area contributed by atoms with E-state index in [1.54, 1.807) is 24.3 Å². The molecule has 0 spiro atoms. The number of likely N-dealkylation sites (tertiary alicyclic amines) is 1. The number of rotatable bonds is 5. The highest BCUT2D eigenvalue weighted by molar-refractivity contribution is 7.92. The van der Waals surface area contributed by atoms with Crippen LogP contribution >= 0.6 is 0 Å². The maximum Gasteiger partial charge on any atom is 0.313 e. The van der Waals surface area contributed by atoms with Crippen molar-refractivity contribution in [3.8, 4) is 0 Å². The van der Waals surface area contributed by atoms with Crippen molar-refractivity contribution in [3.05, 3.63) is 53.9 Å². The van der Waals surface area contributed by atoms with E-state index in [0.717, 1.165) is 24.7 Å². The standard InChI is InChI=1S/C20H23N5O5S/c1-31(29,30)24-15-7-5-13(6-8-15)17-4-2-3-9-25(17)20(28)19(27)23-16-10-14(18(21)26)11-22-12-16/h5-8,10-12,17,24H,2-4,9H2,1H3,(H2,21,26)(H,23,27)/t17-/m0/s1. The lowest BCUT2D eigenvalue weighted by Crippen LogP contribution is -2.44. The number of aromatic nitrogens is 1.